The summed E-state index contributed by atoms with van der Waals surface area (Å²) in [5, 5.41) is 12.9. The van der Waals surface area contributed by atoms with Crippen molar-refractivity contribution in [3.05, 3.63) is 28.1 Å². The number of aromatic nitrogens is 5. The van der Waals surface area contributed by atoms with E-state index < -0.39 is 0 Å². The van der Waals surface area contributed by atoms with Crippen molar-refractivity contribution in [1.82, 2.24) is 25.1 Å². The van der Waals surface area contributed by atoms with E-state index in [9.17, 15) is 0 Å². The van der Waals surface area contributed by atoms with Crippen LogP contribution < -0.4 is 5.32 Å². The lowest BCUT2D eigenvalue weighted by atomic mass is 10.4. The first kappa shape index (κ1) is 10.4. The first-order chi connectivity index (χ1) is 8.33. The van der Waals surface area contributed by atoms with Gasteiger partial charge in [0.25, 0.3) is 0 Å². The SMILES string of the molecule is Clc1nc(NCc2nncs2)c2cc[nH]c2n1. The van der Waals surface area contributed by atoms with E-state index in [1.54, 1.807) is 11.7 Å². The third-order valence-electron chi connectivity index (χ3n) is 2.20. The van der Waals surface area contributed by atoms with Gasteiger partial charge in [0, 0.05) is 6.20 Å². The lowest BCUT2D eigenvalue weighted by Gasteiger charge is -2.04. The van der Waals surface area contributed by atoms with Crippen LogP contribution in [-0.2, 0) is 6.54 Å². The monoisotopic (exact) mass is 266 g/mol. The highest BCUT2D eigenvalue weighted by Crippen LogP contribution is 2.21. The number of fused-ring (bicyclic) bond motifs is 1. The fourth-order valence-corrected chi connectivity index (χ4v) is 2.12. The van der Waals surface area contributed by atoms with Gasteiger partial charge in [-0.3, -0.25) is 0 Å². The van der Waals surface area contributed by atoms with Crippen LogP contribution in [-0.4, -0.2) is 25.1 Å². The lowest BCUT2D eigenvalue weighted by Crippen LogP contribution is -2.02. The maximum atomic E-state index is 5.83. The van der Waals surface area contributed by atoms with E-state index in [0.29, 0.717) is 18.0 Å². The molecule has 8 heteroatoms. The summed E-state index contributed by atoms with van der Waals surface area (Å²) in [6, 6.07) is 1.90. The maximum Gasteiger partial charge on any atom is 0.226 e. The Bertz CT molecular complexity index is 634. The average Bonchev–Trinajstić information content (AvgIpc) is 2.95. The number of H-pyrrole nitrogens is 1. The van der Waals surface area contributed by atoms with Crippen LogP contribution in [0.5, 0.6) is 0 Å². The van der Waals surface area contributed by atoms with Gasteiger partial charge in [-0.1, -0.05) is 0 Å². The van der Waals surface area contributed by atoms with Crippen molar-refractivity contribution in [3.63, 3.8) is 0 Å². The zero-order chi connectivity index (χ0) is 11.7. The molecule has 0 amide bonds. The Morgan fingerprint density at radius 1 is 1.41 bits per heavy atom. The largest absolute Gasteiger partial charge is 0.363 e. The lowest BCUT2D eigenvalue weighted by molar-refractivity contribution is 0.983. The summed E-state index contributed by atoms with van der Waals surface area (Å²) in [5.41, 5.74) is 2.40. The van der Waals surface area contributed by atoms with E-state index in [-0.39, 0.29) is 5.28 Å². The van der Waals surface area contributed by atoms with Gasteiger partial charge in [-0.2, -0.15) is 4.98 Å². The van der Waals surface area contributed by atoms with Gasteiger partial charge in [0.15, 0.2) is 0 Å². The summed E-state index contributed by atoms with van der Waals surface area (Å²) < 4.78 is 0. The van der Waals surface area contributed by atoms with Crippen LogP contribution >= 0.6 is 22.9 Å². The summed E-state index contributed by atoms with van der Waals surface area (Å²) >= 11 is 7.32. The van der Waals surface area contributed by atoms with Gasteiger partial charge < -0.3 is 10.3 Å². The average molecular weight is 267 g/mol. The van der Waals surface area contributed by atoms with Gasteiger partial charge in [-0.25, -0.2) is 4.98 Å². The van der Waals surface area contributed by atoms with Crippen LogP contribution in [0.1, 0.15) is 5.01 Å². The van der Waals surface area contributed by atoms with Crippen LogP contribution in [0.15, 0.2) is 17.8 Å². The second-order valence-corrected chi connectivity index (χ2v) is 4.52. The topological polar surface area (TPSA) is 79.4 Å². The van der Waals surface area contributed by atoms with E-state index >= 15 is 0 Å². The predicted octanol–water partition coefficient (Wildman–Crippen LogP) is 2.07. The molecule has 3 rings (SSSR count). The molecule has 3 aromatic heterocycles. The number of rotatable bonds is 3. The molecule has 0 fully saturated rings. The minimum Gasteiger partial charge on any atom is -0.363 e. The number of hydrogen-bond acceptors (Lipinski definition) is 6. The Balaban J connectivity index is 1.91. The van der Waals surface area contributed by atoms with Crippen molar-refractivity contribution in [2.45, 2.75) is 6.54 Å². The van der Waals surface area contributed by atoms with Crippen LogP contribution in [0.3, 0.4) is 0 Å². The number of aromatic amines is 1. The van der Waals surface area contributed by atoms with E-state index in [1.807, 2.05) is 6.07 Å². The molecule has 0 aliphatic heterocycles. The third-order valence-corrected chi connectivity index (χ3v) is 3.07. The van der Waals surface area contributed by atoms with Gasteiger partial charge in [0.2, 0.25) is 5.28 Å². The number of halogens is 1. The van der Waals surface area contributed by atoms with E-state index in [0.717, 1.165) is 10.4 Å². The molecule has 0 bridgehead atoms. The molecule has 17 heavy (non-hydrogen) atoms. The van der Waals surface area contributed by atoms with Crippen molar-refractivity contribution in [2.75, 3.05) is 5.32 Å². The van der Waals surface area contributed by atoms with Crippen molar-refractivity contribution < 1.29 is 0 Å². The molecular formula is C9H7ClN6S. The summed E-state index contributed by atoms with van der Waals surface area (Å²) in [4.78, 5) is 11.2. The highest BCUT2D eigenvalue weighted by Gasteiger charge is 2.07. The molecule has 0 unspecified atom stereocenters. The minimum atomic E-state index is 0.208. The second kappa shape index (κ2) is 4.27. The molecule has 3 aromatic rings. The molecule has 0 aliphatic carbocycles. The van der Waals surface area contributed by atoms with Crippen molar-refractivity contribution >= 4 is 39.8 Å². The Morgan fingerprint density at radius 3 is 3.18 bits per heavy atom. The number of hydrogen-bond donors (Lipinski definition) is 2. The smallest absolute Gasteiger partial charge is 0.226 e. The third kappa shape index (κ3) is 2.06. The molecular weight excluding hydrogens is 260 g/mol. The molecule has 0 atom stereocenters. The number of nitrogens with zero attached hydrogens (tertiary/aromatic N) is 4. The molecule has 0 aromatic carbocycles. The molecule has 0 radical (unpaired) electrons. The van der Waals surface area contributed by atoms with Crippen molar-refractivity contribution in [3.8, 4) is 0 Å². The van der Waals surface area contributed by atoms with Crippen LogP contribution in [0.2, 0.25) is 5.28 Å². The van der Waals surface area contributed by atoms with Crippen molar-refractivity contribution in [2.24, 2.45) is 0 Å². The fourth-order valence-electron chi connectivity index (χ4n) is 1.48. The molecule has 0 aliphatic rings. The van der Waals surface area contributed by atoms with E-state index in [2.05, 4.69) is 30.5 Å². The van der Waals surface area contributed by atoms with E-state index in [4.69, 9.17) is 11.6 Å². The van der Waals surface area contributed by atoms with Gasteiger partial charge >= 0.3 is 0 Å². The Kier molecular flexibility index (Phi) is 2.62. The molecule has 0 saturated heterocycles. The zero-order valence-electron chi connectivity index (χ0n) is 8.51. The predicted molar refractivity (Wildman–Crippen MR) is 66.1 cm³/mol. The van der Waals surface area contributed by atoms with Gasteiger partial charge in [0.05, 0.1) is 11.9 Å². The van der Waals surface area contributed by atoms with E-state index in [1.165, 1.54) is 11.3 Å². The summed E-state index contributed by atoms with van der Waals surface area (Å²) in [6.45, 7) is 0.568. The normalized spacial score (nSPS) is 10.9. The Hall–Kier alpha value is -1.73. The highest BCUT2D eigenvalue weighted by molar-refractivity contribution is 7.09. The zero-order valence-corrected chi connectivity index (χ0v) is 10.1. The van der Waals surface area contributed by atoms with Crippen molar-refractivity contribution in [1.29, 1.82) is 0 Å². The van der Waals surface area contributed by atoms with Crippen LogP contribution in [0.4, 0.5) is 5.82 Å². The summed E-state index contributed by atoms with van der Waals surface area (Å²) in [7, 11) is 0. The number of anilines is 1. The second-order valence-electron chi connectivity index (χ2n) is 3.27. The van der Waals surface area contributed by atoms with Crippen LogP contribution in [0.25, 0.3) is 11.0 Å². The summed E-state index contributed by atoms with van der Waals surface area (Å²) in [6.07, 6.45) is 1.80. The number of nitrogens with one attached hydrogen (secondary N) is 2. The first-order valence-electron chi connectivity index (χ1n) is 4.82. The molecule has 3 heterocycles. The molecule has 0 spiro atoms. The molecule has 86 valence electrons. The minimum absolute atomic E-state index is 0.208. The quantitative estimate of drug-likeness (QED) is 0.710. The molecule has 2 N–H and O–H groups in total. The Labute approximate surface area is 105 Å². The van der Waals surface area contributed by atoms with Gasteiger partial charge in [-0.15, -0.1) is 21.5 Å². The fraction of sp³-hybridized carbons (Fsp3) is 0.111. The highest BCUT2D eigenvalue weighted by atomic mass is 35.5. The Morgan fingerprint density at radius 2 is 2.35 bits per heavy atom. The first-order valence-corrected chi connectivity index (χ1v) is 6.08. The van der Waals surface area contributed by atoms with Gasteiger partial charge in [0.1, 0.15) is 22.0 Å². The maximum absolute atomic E-state index is 5.83. The standard InChI is InChI=1S/C9H7ClN6S/c10-9-14-7-5(1-2-11-7)8(15-9)12-3-6-16-13-4-17-6/h1-2,4H,3H2,(H2,11,12,14,15). The molecule has 6 nitrogen and oxygen atoms in total. The molecule has 0 saturated carbocycles. The summed E-state index contributed by atoms with van der Waals surface area (Å²) in [5.74, 6) is 0.691. The van der Waals surface area contributed by atoms with Crippen LogP contribution in [0, 0.1) is 0 Å². The van der Waals surface area contributed by atoms with Gasteiger partial charge in [-0.05, 0) is 17.7 Å².